The van der Waals surface area contributed by atoms with E-state index in [-0.39, 0.29) is 12.4 Å². The molecule has 0 aliphatic rings. The van der Waals surface area contributed by atoms with Crippen molar-refractivity contribution in [3.63, 3.8) is 0 Å². The van der Waals surface area contributed by atoms with Gasteiger partial charge < -0.3 is 10.8 Å². The van der Waals surface area contributed by atoms with Crippen LogP contribution in [0.2, 0.25) is 0 Å². The second-order valence-corrected chi connectivity index (χ2v) is 6.06. The van der Waals surface area contributed by atoms with Crippen LogP contribution in [0, 0.1) is 0 Å². The highest BCUT2D eigenvalue weighted by Gasteiger charge is 2.14. The molecule has 1 atom stereocenters. The summed E-state index contributed by atoms with van der Waals surface area (Å²) in [4.78, 5) is 10.9. The van der Waals surface area contributed by atoms with Crippen LogP contribution in [0.4, 0.5) is 0 Å². The van der Waals surface area contributed by atoms with E-state index in [0.29, 0.717) is 12.8 Å². The van der Waals surface area contributed by atoms with Crippen molar-refractivity contribution in [3.05, 3.63) is 60.2 Å². The SMILES string of the molecule is Cl.N[C@H](CCc1ccc2ccc3cccc4ccc1c2c34)C(=O)O. The van der Waals surface area contributed by atoms with Crippen LogP contribution in [0.3, 0.4) is 0 Å². The van der Waals surface area contributed by atoms with Gasteiger partial charge in [-0.3, -0.25) is 4.79 Å². The Labute approximate surface area is 145 Å². The molecule has 0 saturated heterocycles. The van der Waals surface area contributed by atoms with Crippen molar-refractivity contribution in [2.24, 2.45) is 5.73 Å². The van der Waals surface area contributed by atoms with Crippen LogP contribution in [0.1, 0.15) is 12.0 Å². The lowest BCUT2D eigenvalue weighted by molar-refractivity contribution is -0.138. The third kappa shape index (κ3) is 2.56. The van der Waals surface area contributed by atoms with Crippen LogP contribution in [0.25, 0.3) is 32.3 Å². The minimum absolute atomic E-state index is 0. The zero-order valence-corrected chi connectivity index (χ0v) is 13.8. The number of aryl methyl sites for hydroxylation is 1. The first kappa shape index (κ1) is 16.5. The van der Waals surface area contributed by atoms with E-state index < -0.39 is 12.0 Å². The van der Waals surface area contributed by atoms with Gasteiger partial charge in [0.2, 0.25) is 0 Å². The molecule has 122 valence electrons. The van der Waals surface area contributed by atoms with E-state index in [4.69, 9.17) is 10.8 Å². The zero-order chi connectivity index (χ0) is 16.0. The number of hydrogen-bond acceptors (Lipinski definition) is 2. The van der Waals surface area contributed by atoms with E-state index in [9.17, 15) is 4.79 Å². The fourth-order valence-electron chi connectivity index (χ4n) is 3.45. The predicted molar refractivity (Wildman–Crippen MR) is 101 cm³/mol. The Morgan fingerprint density at radius 1 is 0.917 bits per heavy atom. The Hall–Kier alpha value is -2.36. The standard InChI is InChI=1S/C20H17NO2.ClH/c21-17(20(22)23)11-9-12-4-5-15-7-6-13-2-1-3-14-8-10-16(12)19(15)18(13)14;/h1-8,10,17H,9,11,21H2,(H,22,23);1H/t17-;/m1./s1. The van der Waals surface area contributed by atoms with Gasteiger partial charge in [0.1, 0.15) is 6.04 Å². The molecule has 0 spiro atoms. The van der Waals surface area contributed by atoms with Gasteiger partial charge in [0, 0.05) is 0 Å². The zero-order valence-electron chi connectivity index (χ0n) is 13.0. The summed E-state index contributed by atoms with van der Waals surface area (Å²) in [6, 6.07) is 18.3. The van der Waals surface area contributed by atoms with Crippen molar-refractivity contribution < 1.29 is 9.90 Å². The number of carboxylic acids is 1. The molecule has 0 fully saturated rings. The number of nitrogens with two attached hydrogens (primary N) is 1. The molecule has 4 rings (SSSR count). The van der Waals surface area contributed by atoms with Crippen LogP contribution in [-0.2, 0) is 11.2 Å². The fraction of sp³-hybridized carbons (Fsp3) is 0.150. The number of carbonyl (C=O) groups is 1. The molecule has 3 nitrogen and oxygen atoms in total. The summed E-state index contributed by atoms with van der Waals surface area (Å²) in [6.07, 6.45) is 1.11. The molecule has 0 amide bonds. The summed E-state index contributed by atoms with van der Waals surface area (Å²) in [5.41, 5.74) is 6.81. The van der Waals surface area contributed by atoms with E-state index in [1.807, 2.05) is 0 Å². The van der Waals surface area contributed by atoms with Gasteiger partial charge in [-0.05, 0) is 50.7 Å². The first-order valence-corrected chi connectivity index (χ1v) is 7.79. The Kier molecular flexibility index (Phi) is 4.31. The molecule has 24 heavy (non-hydrogen) atoms. The molecule has 4 aromatic rings. The molecule has 0 saturated carbocycles. The van der Waals surface area contributed by atoms with Gasteiger partial charge in [0.05, 0.1) is 0 Å². The Bertz CT molecular complexity index is 1010. The fourth-order valence-corrected chi connectivity index (χ4v) is 3.45. The number of benzene rings is 4. The van der Waals surface area contributed by atoms with E-state index in [2.05, 4.69) is 54.6 Å². The van der Waals surface area contributed by atoms with E-state index in [0.717, 1.165) is 5.56 Å². The first-order chi connectivity index (χ1) is 11.1. The molecule has 0 aromatic heterocycles. The maximum absolute atomic E-state index is 10.9. The Morgan fingerprint density at radius 2 is 1.50 bits per heavy atom. The quantitative estimate of drug-likeness (QED) is 0.543. The summed E-state index contributed by atoms with van der Waals surface area (Å²) in [5, 5.41) is 16.4. The topological polar surface area (TPSA) is 63.3 Å². The van der Waals surface area contributed by atoms with Crippen molar-refractivity contribution >= 4 is 50.7 Å². The lowest BCUT2D eigenvalue weighted by Crippen LogP contribution is -2.30. The van der Waals surface area contributed by atoms with Gasteiger partial charge in [-0.25, -0.2) is 0 Å². The summed E-state index contributed by atoms with van der Waals surface area (Å²) in [7, 11) is 0. The number of rotatable bonds is 4. The molecule has 3 N–H and O–H groups in total. The molecule has 0 unspecified atom stereocenters. The van der Waals surface area contributed by atoms with Crippen LogP contribution in [0.5, 0.6) is 0 Å². The molecule has 4 heteroatoms. The number of hydrogen-bond donors (Lipinski definition) is 2. The lowest BCUT2D eigenvalue weighted by atomic mass is 9.90. The van der Waals surface area contributed by atoms with Gasteiger partial charge in [-0.1, -0.05) is 54.6 Å². The summed E-state index contributed by atoms with van der Waals surface area (Å²) >= 11 is 0. The minimum atomic E-state index is -0.942. The average Bonchev–Trinajstić information content (AvgIpc) is 2.58. The number of carboxylic acid groups (broad SMARTS) is 1. The number of halogens is 1. The predicted octanol–water partition coefficient (Wildman–Crippen LogP) is 4.35. The third-order valence-corrected chi connectivity index (χ3v) is 4.66. The van der Waals surface area contributed by atoms with Crippen molar-refractivity contribution in [1.29, 1.82) is 0 Å². The van der Waals surface area contributed by atoms with Crippen molar-refractivity contribution in [2.75, 3.05) is 0 Å². The Balaban J connectivity index is 0.00000169. The highest BCUT2D eigenvalue weighted by molar-refractivity contribution is 6.23. The summed E-state index contributed by atoms with van der Waals surface area (Å²) in [6.45, 7) is 0. The average molecular weight is 340 g/mol. The minimum Gasteiger partial charge on any atom is -0.480 e. The van der Waals surface area contributed by atoms with Crippen LogP contribution in [-0.4, -0.2) is 17.1 Å². The largest absolute Gasteiger partial charge is 0.480 e. The molecule has 4 aromatic carbocycles. The van der Waals surface area contributed by atoms with Gasteiger partial charge >= 0.3 is 5.97 Å². The van der Waals surface area contributed by atoms with Crippen LogP contribution >= 0.6 is 12.4 Å². The van der Waals surface area contributed by atoms with Crippen LogP contribution in [0.15, 0.2) is 54.6 Å². The van der Waals surface area contributed by atoms with Gasteiger partial charge in [0.15, 0.2) is 0 Å². The van der Waals surface area contributed by atoms with E-state index in [1.165, 1.54) is 32.3 Å². The van der Waals surface area contributed by atoms with Crippen LogP contribution < -0.4 is 5.73 Å². The molecular weight excluding hydrogens is 322 g/mol. The maximum atomic E-state index is 10.9. The molecule has 0 bridgehead atoms. The van der Waals surface area contributed by atoms with Gasteiger partial charge in [0.25, 0.3) is 0 Å². The van der Waals surface area contributed by atoms with E-state index >= 15 is 0 Å². The van der Waals surface area contributed by atoms with Gasteiger partial charge in [-0.2, -0.15) is 0 Å². The summed E-state index contributed by atoms with van der Waals surface area (Å²) in [5.74, 6) is -0.942. The third-order valence-electron chi connectivity index (χ3n) is 4.66. The smallest absolute Gasteiger partial charge is 0.320 e. The molecule has 0 radical (unpaired) electrons. The molecule has 0 aliphatic heterocycles. The summed E-state index contributed by atoms with van der Waals surface area (Å²) < 4.78 is 0. The second kappa shape index (κ2) is 6.27. The monoisotopic (exact) mass is 339 g/mol. The maximum Gasteiger partial charge on any atom is 0.320 e. The van der Waals surface area contributed by atoms with Gasteiger partial charge in [-0.15, -0.1) is 12.4 Å². The Morgan fingerprint density at radius 3 is 2.17 bits per heavy atom. The van der Waals surface area contributed by atoms with Crippen molar-refractivity contribution in [3.8, 4) is 0 Å². The molecule has 0 aliphatic carbocycles. The van der Waals surface area contributed by atoms with E-state index in [1.54, 1.807) is 0 Å². The van der Waals surface area contributed by atoms with Crippen molar-refractivity contribution in [1.82, 2.24) is 0 Å². The highest BCUT2D eigenvalue weighted by atomic mass is 35.5. The second-order valence-electron chi connectivity index (χ2n) is 6.06. The molecular formula is C20H18ClNO2. The molecule has 0 heterocycles. The lowest BCUT2D eigenvalue weighted by Gasteiger charge is -2.14. The number of aliphatic carboxylic acids is 1. The van der Waals surface area contributed by atoms with Crippen molar-refractivity contribution in [2.45, 2.75) is 18.9 Å². The first-order valence-electron chi connectivity index (χ1n) is 7.79. The highest BCUT2D eigenvalue weighted by Crippen LogP contribution is 2.36. The normalized spacial score (nSPS) is 12.5.